The molecule has 170 valence electrons. The first-order valence-corrected chi connectivity index (χ1v) is 11.5. The molecular formula is C26H32N2O4. The smallest absolute Gasteiger partial charge is 0.410 e. The summed E-state index contributed by atoms with van der Waals surface area (Å²) in [5, 5.41) is 0. The lowest BCUT2D eigenvalue weighted by Gasteiger charge is -2.40. The van der Waals surface area contributed by atoms with Crippen molar-refractivity contribution in [3.8, 4) is 0 Å². The van der Waals surface area contributed by atoms with Crippen LogP contribution in [0.3, 0.4) is 0 Å². The summed E-state index contributed by atoms with van der Waals surface area (Å²) >= 11 is 0. The van der Waals surface area contributed by atoms with Crippen LogP contribution in [0.2, 0.25) is 0 Å². The highest BCUT2D eigenvalue weighted by Crippen LogP contribution is 2.35. The number of hydrogen-bond acceptors (Lipinski definition) is 5. The van der Waals surface area contributed by atoms with Gasteiger partial charge < -0.3 is 19.1 Å². The van der Waals surface area contributed by atoms with Crippen molar-refractivity contribution in [2.24, 2.45) is 0 Å². The summed E-state index contributed by atoms with van der Waals surface area (Å²) in [6.07, 6.45) is -0.224. The molecule has 32 heavy (non-hydrogen) atoms. The Morgan fingerprint density at radius 3 is 1.81 bits per heavy atom. The Morgan fingerprint density at radius 2 is 1.31 bits per heavy atom. The van der Waals surface area contributed by atoms with E-state index in [-0.39, 0.29) is 12.1 Å². The molecule has 6 heteroatoms. The highest BCUT2D eigenvalue weighted by Gasteiger charge is 2.31. The zero-order chi connectivity index (χ0) is 22.3. The molecule has 3 heterocycles. The van der Waals surface area contributed by atoms with E-state index in [1.165, 1.54) is 33.4 Å². The van der Waals surface area contributed by atoms with Crippen molar-refractivity contribution >= 4 is 6.09 Å². The van der Waals surface area contributed by atoms with Crippen LogP contribution in [0.15, 0.2) is 36.4 Å². The number of benzene rings is 2. The van der Waals surface area contributed by atoms with E-state index in [0.717, 1.165) is 13.1 Å². The molecule has 0 saturated carbocycles. The minimum absolute atomic E-state index is 0.132. The van der Waals surface area contributed by atoms with Gasteiger partial charge >= 0.3 is 6.09 Å². The van der Waals surface area contributed by atoms with E-state index in [4.69, 9.17) is 14.2 Å². The van der Waals surface area contributed by atoms with E-state index in [9.17, 15) is 4.79 Å². The molecule has 0 aliphatic carbocycles. The summed E-state index contributed by atoms with van der Waals surface area (Å²) in [5.41, 5.74) is 7.20. The predicted octanol–water partition coefficient (Wildman–Crippen LogP) is 4.39. The molecule has 1 saturated heterocycles. The first-order valence-electron chi connectivity index (χ1n) is 11.5. The van der Waals surface area contributed by atoms with Crippen LogP contribution in [0.5, 0.6) is 0 Å². The van der Waals surface area contributed by atoms with Crippen LogP contribution in [0.4, 0.5) is 4.79 Å². The summed E-state index contributed by atoms with van der Waals surface area (Å²) in [5.74, 6) is 0. The number of fused-ring (bicyclic) bond motifs is 2. The monoisotopic (exact) mass is 436 g/mol. The lowest BCUT2D eigenvalue weighted by molar-refractivity contribution is 0.0119. The molecule has 3 aliphatic heterocycles. The van der Waals surface area contributed by atoms with Crippen molar-refractivity contribution < 1.29 is 19.0 Å². The minimum Gasteiger partial charge on any atom is -0.444 e. The Labute approximate surface area is 190 Å². The van der Waals surface area contributed by atoms with Crippen molar-refractivity contribution in [3.63, 3.8) is 0 Å². The van der Waals surface area contributed by atoms with E-state index in [2.05, 4.69) is 41.3 Å². The minimum atomic E-state index is -0.476. The summed E-state index contributed by atoms with van der Waals surface area (Å²) in [6.45, 7) is 11.4. The van der Waals surface area contributed by atoms with Crippen LogP contribution in [-0.4, -0.2) is 47.7 Å². The highest BCUT2D eigenvalue weighted by molar-refractivity contribution is 5.68. The Morgan fingerprint density at radius 1 is 0.812 bits per heavy atom. The normalized spacial score (nSPS) is 18.7. The van der Waals surface area contributed by atoms with Gasteiger partial charge in [0.15, 0.2) is 0 Å². The molecule has 3 aliphatic rings. The molecule has 0 atom stereocenters. The third kappa shape index (κ3) is 4.40. The topological polar surface area (TPSA) is 51.2 Å². The number of nitrogens with zero attached hydrogens (tertiary/aromatic N) is 2. The van der Waals surface area contributed by atoms with Gasteiger partial charge in [-0.25, -0.2) is 4.79 Å². The second kappa shape index (κ2) is 8.50. The maximum atomic E-state index is 12.5. The van der Waals surface area contributed by atoms with Crippen LogP contribution < -0.4 is 0 Å². The zero-order valence-electron chi connectivity index (χ0n) is 19.2. The molecule has 0 bridgehead atoms. The van der Waals surface area contributed by atoms with Gasteiger partial charge in [-0.1, -0.05) is 36.4 Å². The fourth-order valence-corrected chi connectivity index (χ4v) is 4.83. The molecule has 0 spiro atoms. The molecule has 5 rings (SSSR count). The fraction of sp³-hybridized carbons (Fsp3) is 0.500. The van der Waals surface area contributed by atoms with E-state index in [0.29, 0.717) is 39.5 Å². The molecule has 6 nitrogen and oxygen atoms in total. The quantitative estimate of drug-likeness (QED) is 0.714. The molecular weight excluding hydrogens is 404 g/mol. The molecule has 0 N–H and O–H groups in total. The van der Waals surface area contributed by atoms with Crippen molar-refractivity contribution in [3.05, 3.63) is 69.8 Å². The second-order valence-corrected chi connectivity index (χ2v) is 9.95. The molecule has 1 fully saturated rings. The van der Waals surface area contributed by atoms with Crippen molar-refractivity contribution in [1.82, 2.24) is 9.80 Å². The van der Waals surface area contributed by atoms with Gasteiger partial charge in [0.1, 0.15) is 5.60 Å². The van der Waals surface area contributed by atoms with Gasteiger partial charge in [0, 0.05) is 26.2 Å². The van der Waals surface area contributed by atoms with Crippen LogP contribution in [-0.2, 0) is 40.6 Å². The summed E-state index contributed by atoms with van der Waals surface area (Å²) in [6, 6.07) is 13.6. The van der Waals surface area contributed by atoms with Gasteiger partial charge in [-0.05, 0) is 54.2 Å². The predicted molar refractivity (Wildman–Crippen MR) is 121 cm³/mol. The van der Waals surface area contributed by atoms with Gasteiger partial charge in [0.25, 0.3) is 0 Å². The number of piperazine rings is 1. The van der Waals surface area contributed by atoms with E-state index >= 15 is 0 Å². The Hall–Kier alpha value is -2.41. The fourth-order valence-electron chi connectivity index (χ4n) is 4.83. The lowest BCUT2D eigenvalue weighted by atomic mass is 9.92. The first kappa shape index (κ1) is 21.4. The van der Waals surface area contributed by atoms with Crippen molar-refractivity contribution in [2.45, 2.75) is 58.8 Å². The van der Waals surface area contributed by atoms with Gasteiger partial charge in [-0.2, -0.15) is 0 Å². The first-order chi connectivity index (χ1) is 15.4. The highest BCUT2D eigenvalue weighted by atomic mass is 16.6. The molecule has 2 aromatic carbocycles. The van der Waals surface area contributed by atoms with Gasteiger partial charge in [0.2, 0.25) is 0 Å². The molecule has 2 aromatic rings. The van der Waals surface area contributed by atoms with Crippen molar-refractivity contribution in [1.29, 1.82) is 0 Å². The average molecular weight is 437 g/mol. The Bertz CT molecular complexity index is 948. The molecule has 1 amide bonds. The number of ether oxygens (including phenoxy) is 3. The Kier molecular flexibility index (Phi) is 5.70. The maximum absolute atomic E-state index is 12.5. The number of rotatable bonds is 3. The van der Waals surface area contributed by atoms with Gasteiger partial charge in [-0.3, -0.25) is 4.90 Å². The van der Waals surface area contributed by atoms with Gasteiger partial charge in [-0.15, -0.1) is 0 Å². The third-order valence-electron chi connectivity index (χ3n) is 6.45. The summed E-state index contributed by atoms with van der Waals surface area (Å²) < 4.78 is 16.9. The van der Waals surface area contributed by atoms with Crippen LogP contribution in [0, 0.1) is 0 Å². The largest absolute Gasteiger partial charge is 0.444 e. The number of amides is 1. The summed E-state index contributed by atoms with van der Waals surface area (Å²) in [4.78, 5) is 16.9. The maximum Gasteiger partial charge on any atom is 0.410 e. The molecule has 0 unspecified atom stereocenters. The SMILES string of the molecule is CC(C)(C)OC(=O)N1CCN(C(c2ccc3c(c2)COC3)c2ccc3c(c2)COC3)CC1. The average Bonchev–Trinajstić information content (AvgIpc) is 3.41. The van der Waals surface area contributed by atoms with E-state index < -0.39 is 5.60 Å². The molecule has 0 aromatic heterocycles. The van der Waals surface area contributed by atoms with Crippen LogP contribution >= 0.6 is 0 Å². The Balaban J connectivity index is 1.40. The number of carbonyl (C=O) groups is 1. The molecule has 0 radical (unpaired) electrons. The number of hydrogen-bond donors (Lipinski definition) is 0. The zero-order valence-corrected chi connectivity index (χ0v) is 19.2. The second-order valence-electron chi connectivity index (χ2n) is 9.95. The number of carbonyl (C=O) groups excluding carboxylic acids is 1. The van der Waals surface area contributed by atoms with Crippen LogP contribution in [0.25, 0.3) is 0 Å². The van der Waals surface area contributed by atoms with E-state index in [1.54, 1.807) is 0 Å². The lowest BCUT2D eigenvalue weighted by Crippen LogP contribution is -2.51. The summed E-state index contributed by atoms with van der Waals surface area (Å²) in [7, 11) is 0. The van der Waals surface area contributed by atoms with Crippen LogP contribution in [0.1, 0.15) is 60.2 Å². The van der Waals surface area contributed by atoms with Crippen molar-refractivity contribution in [2.75, 3.05) is 26.2 Å². The standard InChI is InChI=1S/C26H32N2O4/c1-26(2,3)32-25(29)28-10-8-27(9-11-28)24(18-4-6-20-14-30-16-22(20)12-18)19-5-7-21-15-31-17-23(21)13-19/h4-7,12-13,24H,8-11,14-17H2,1-3H3. The third-order valence-corrected chi connectivity index (χ3v) is 6.45. The van der Waals surface area contributed by atoms with Gasteiger partial charge in [0.05, 0.1) is 32.5 Å². The van der Waals surface area contributed by atoms with E-state index in [1.807, 2.05) is 25.7 Å².